The molecule has 7 heteroatoms. The molecule has 0 atom stereocenters. The van der Waals surface area contributed by atoms with Crippen LogP contribution >= 0.6 is 11.8 Å². The first-order valence-corrected chi connectivity index (χ1v) is 6.48. The number of carboxylic acids is 2. The lowest BCUT2D eigenvalue weighted by atomic mass is 10.1. The topological polar surface area (TPSA) is 90.2 Å². The van der Waals surface area contributed by atoms with E-state index >= 15 is 0 Å². The summed E-state index contributed by atoms with van der Waals surface area (Å²) in [6.45, 7) is 3.52. The number of aliphatic carboxylic acids is 2. The maximum atomic E-state index is 9.10. The number of hydrogen-bond acceptors (Lipinski definition) is 5. The number of rotatable bonds is 0. The molecule has 1 saturated heterocycles. The van der Waals surface area contributed by atoms with Crippen molar-refractivity contribution in [3.8, 4) is 0 Å². The molecule has 17 heavy (non-hydrogen) atoms. The van der Waals surface area contributed by atoms with Gasteiger partial charge in [-0.25, -0.2) is 9.59 Å². The minimum absolute atomic E-state index is 1.04. The minimum Gasteiger partial charge on any atom is -0.473 e. The van der Waals surface area contributed by atoms with Crippen molar-refractivity contribution in [3.05, 3.63) is 0 Å². The van der Waals surface area contributed by atoms with Crippen LogP contribution < -0.4 is 0 Å². The van der Waals surface area contributed by atoms with Gasteiger partial charge in [-0.3, -0.25) is 4.99 Å². The van der Waals surface area contributed by atoms with E-state index in [4.69, 9.17) is 19.8 Å². The Kier molecular flexibility index (Phi) is 5.82. The molecule has 0 aromatic carbocycles. The fraction of sp³-hybridized carbons (Fsp3) is 0.700. The summed E-state index contributed by atoms with van der Waals surface area (Å²) >= 11 is 1.92. The fourth-order valence-corrected chi connectivity index (χ4v) is 2.51. The van der Waals surface area contributed by atoms with Gasteiger partial charge in [0, 0.05) is 18.8 Å². The second-order valence-electron chi connectivity index (χ2n) is 3.67. The lowest BCUT2D eigenvalue weighted by Gasteiger charge is -2.27. The number of carboxylic acid groups (broad SMARTS) is 2. The maximum absolute atomic E-state index is 9.10. The second kappa shape index (κ2) is 7.16. The average molecular weight is 260 g/mol. The molecule has 6 nitrogen and oxygen atoms in total. The van der Waals surface area contributed by atoms with Crippen molar-refractivity contribution in [3.63, 3.8) is 0 Å². The summed E-state index contributed by atoms with van der Waals surface area (Å²) < 4.78 is 0. The van der Waals surface area contributed by atoms with Crippen LogP contribution in [0, 0.1) is 0 Å². The Hall–Kier alpha value is -1.24. The molecule has 0 amide bonds. The Morgan fingerprint density at radius 1 is 1.12 bits per heavy atom. The van der Waals surface area contributed by atoms with Gasteiger partial charge < -0.3 is 15.1 Å². The molecule has 2 aliphatic rings. The van der Waals surface area contributed by atoms with Crippen LogP contribution in [0.25, 0.3) is 0 Å². The first kappa shape index (κ1) is 13.8. The molecule has 2 N–H and O–H groups in total. The predicted octanol–water partition coefficient (Wildman–Crippen LogP) is 0.731. The van der Waals surface area contributed by atoms with Gasteiger partial charge in [-0.05, 0) is 19.3 Å². The van der Waals surface area contributed by atoms with E-state index in [1.54, 1.807) is 0 Å². The molecule has 2 heterocycles. The van der Waals surface area contributed by atoms with E-state index in [-0.39, 0.29) is 0 Å². The van der Waals surface area contributed by atoms with Gasteiger partial charge in [0.25, 0.3) is 0 Å². The van der Waals surface area contributed by atoms with Gasteiger partial charge in [0.2, 0.25) is 0 Å². The summed E-state index contributed by atoms with van der Waals surface area (Å²) in [5.41, 5.74) is 0. The molecule has 0 radical (unpaired) electrons. The molecule has 96 valence electrons. The number of likely N-dealkylation sites (tertiary alicyclic amines) is 1. The molecule has 2 aliphatic heterocycles. The van der Waals surface area contributed by atoms with Crippen molar-refractivity contribution in [1.82, 2.24) is 4.90 Å². The van der Waals surface area contributed by atoms with Crippen LogP contribution in [0.2, 0.25) is 0 Å². The van der Waals surface area contributed by atoms with Crippen LogP contribution in [0.1, 0.15) is 19.3 Å². The van der Waals surface area contributed by atoms with Crippen LogP contribution in [-0.2, 0) is 9.59 Å². The Morgan fingerprint density at radius 3 is 2.12 bits per heavy atom. The summed E-state index contributed by atoms with van der Waals surface area (Å²) in [6.07, 6.45) is 4.13. The predicted molar refractivity (Wildman–Crippen MR) is 65.5 cm³/mol. The van der Waals surface area contributed by atoms with Crippen LogP contribution in [0.4, 0.5) is 0 Å². The van der Waals surface area contributed by atoms with E-state index in [1.807, 2.05) is 11.8 Å². The third-order valence-electron chi connectivity index (χ3n) is 2.38. The van der Waals surface area contributed by atoms with Crippen molar-refractivity contribution >= 4 is 28.9 Å². The monoisotopic (exact) mass is 260 g/mol. The van der Waals surface area contributed by atoms with Gasteiger partial charge in [0.1, 0.15) is 0 Å². The Balaban J connectivity index is 0.000000209. The molecule has 0 aromatic rings. The number of nitrogens with zero attached hydrogens (tertiary/aromatic N) is 2. The summed E-state index contributed by atoms with van der Waals surface area (Å²) in [5, 5.41) is 16.1. The van der Waals surface area contributed by atoms with E-state index in [0.717, 1.165) is 6.54 Å². The van der Waals surface area contributed by atoms with Gasteiger partial charge in [-0.1, -0.05) is 11.8 Å². The minimum atomic E-state index is -1.82. The number of amidine groups is 1. The molecule has 0 bridgehead atoms. The summed E-state index contributed by atoms with van der Waals surface area (Å²) in [4.78, 5) is 25.1. The normalized spacial score (nSPS) is 19.1. The summed E-state index contributed by atoms with van der Waals surface area (Å²) in [7, 11) is 0. The van der Waals surface area contributed by atoms with Gasteiger partial charge in [-0.2, -0.15) is 0 Å². The number of thioether (sulfide) groups is 1. The SMILES string of the molecule is C1CCN(C2=NCCS2)CC1.O=C(O)C(=O)O. The Labute approximate surface area is 104 Å². The Morgan fingerprint density at radius 2 is 1.71 bits per heavy atom. The number of hydrogen-bond donors (Lipinski definition) is 2. The van der Waals surface area contributed by atoms with Crippen molar-refractivity contribution in [2.24, 2.45) is 4.99 Å². The quantitative estimate of drug-likeness (QED) is 0.624. The molecule has 0 unspecified atom stereocenters. The van der Waals surface area contributed by atoms with Gasteiger partial charge in [0.15, 0.2) is 5.17 Å². The fourth-order valence-electron chi connectivity index (χ4n) is 1.60. The van der Waals surface area contributed by atoms with Crippen molar-refractivity contribution in [1.29, 1.82) is 0 Å². The lowest BCUT2D eigenvalue weighted by Crippen LogP contribution is -2.33. The van der Waals surface area contributed by atoms with Gasteiger partial charge >= 0.3 is 11.9 Å². The standard InChI is InChI=1S/C8H14N2S.C2H2O4/c1-2-5-10(6-3-1)8-9-4-7-11-8;3-1(4)2(5)6/h1-7H2;(H,3,4)(H,5,6). The molecule has 0 saturated carbocycles. The van der Waals surface area contributed by atoms with Crippen LogP contribution in [-0.4, -0.2) is 57.6 Å². The van der Waals surface area contributed by atoms with E-state index in [9.17, 15) is 0 Å². The first-order chi connectivity index (χ1) is 8.11. The number of piperidine rings is 1. The highest BCUT2D eigenvalue weighted by atomic mass is 32.2. The highest BCUT2D eigenvalue weighted by Crippen LogP contribution is 2.19. The lowest BCUT2D eigenvalue weighted by molar-refractivity contribution is -0.159. The zero-order valence-corrected chi connectivity index (χ0v) is 10.3. The molecule has 0 spiro atoms. The van der Waals surface area contributed by atoms with Crippen molar-refractivity contribution in [2.45, 2.75) is 19.3 Å². The largest absolute Gasteiger partial charge is 0.473 e. The number of carbonyl (C=O) groups is 2. The molecular formula is C10H16N2O4S. The van der Waals surface area contributed by atoms with E-state index in [2.05, 4.69) is 9.89 Å². The van der Waals surface area contributed by atoms with Crippen molar-refractivity contribution < 1.29 is 19.8 Å². The average Bonchev–Trinajstić information content (AvgIpc) is 2.84. The Bertz CT molecular complexity index is 301. The van der Waals surface area contributed by atoms with Crippen LogP contribution in [0.15, 0.2) is 4.99 Å². The number of aliphatic imine (C=N–C) groups is 1. The molecule has 0 aliphatic carbocycles. The smallest absolute Gasteiger partial charge is 0.414 e. The van der Waals surface area contributed by atoms with E-state index in [0.29, 0.717) is 0 Å². The zero-order chi connectivity index (χ0) is 12.7. The van der Waals surface area contributed by atoms with Gasteiger partial charge in [-0.15, -0.1) is 0 Å². The molecular weight excluding hydrogens is 244 g/mol. The molecule has 0 aromatic heterocycles. The molecule has 1 fully saturated rings. The summed E-state index contributed by atoms with van der Waals surface area (Å²) in [5.74, 6) is -2.45. The zero-order valence-electron chi connectivity index (χ0n) is 9.46. The van der Waals surface area contributed by atoms with Gasteiger partial charge in [0.05, 0.1) is 6.54 Å². The third-order valence-corrected chi connectivity index (χ3v) is 3.41. The third kappa shape index (κ3) is 5.08. The highest BCUT2D eigenvalue weighted by Gasteiger charge is 2.17. The maximum Gasteiger partial charge on any atom is 0.414 e. The van der Waals surface area contributed by atoms with Crippen LogP contribution in [0.5, 0.6) is 0 Å². The second-order valence-corrected chi connectivity index (χ2v) is 4.73. The van der Waals surface area contributed by atoms with Crippen LogP contribution in [0.3, 0.4) is 0 Å². The highest BCUT2D eigenvalue weighted by molar-refractivity contribution is 8.14. The van der Waals surface area contributed by atoms with E-state index < -0.39 is 11.9 Å². The molecule has 2 rings (SSSR count). The first-order valence-electron chi connectivity index (χ1n) is 5.49. The summed E-state index contributed by atoms with van der Waals surface area (Å²) in [6, 6.07) is 0. The van der Waals surface area contributed by atoms with E-state index in [1.165, 1.54) is 43.3 Å². The van der Waals surface area contributed by atoms with Crippen molar-refractivity contribution in [2.75, 3.05) is 25.4 Å².